The third kappa shape index (κ3) is 1.78. The van der Waals surface area contributed by atoms with Crippen LogP contribution in [0.5, 0.6) is 0 Å². The quantitative estimate of drug-likeness (QED) is 0.776. The summed E-state index contributed by atoms with van der Waals surface area (Å²) < 4.78 is 3.67. The van der Waals surface area contributed by atoms with Crippen LogP contribution >= 0.6 is 38.5 Å². The predicted molar refractivity (Wildman–Crippen MR) is 66.8 cm³/mol. The first-order valence-corrected chi connectivity index (χ1v) is 5.77. The van der Waals surface area contributed by atoms with Gasteiger partial charge in [-0.2, -0.15) is 0 Å². The van der Waals surface area contributed by atoms with Crippen molar-refractivity contribution in [2.24, 2.45) is 0 Å². The smallest absolute Gasteiger partial charge is 0.312 e. The third-order valence-corrected chi connectivity index (χ3v) is 4.16. The zero-order valence-electron chi connectivity index (χ0n) is 7.00. The molecule has 0 spiro atoms. The Morgan fingerprint density at radius 2 is 2.21 bits per heavy atom. The zero-order chi connectivity index (χ0) is 10.1. The van der Waals surface area contributed by atoms with E-state index in [1.165, 1.54) is 0 Å². The molecule has 2 aromatic rings. The van der Waals surface area contributed by atoms with Crippen LogP contribution in [0.1, 0.15) is 0 Å². The van der Waals surface area contributed by atoms with Crippen LogP contribution in [-0.2, 0) is 0 Å². The highest BCUT2D eigenvalue weighted by Gasteiger charge is 2.02. The molecule has 14 heavy (non-hydrogen) atoms. The average molecular weight is 365 g/mol. The molecule has 72 valence electrons. The molecule has 0 aliphatic rings. The fourth-order valence-electron chi connectivity index (χ4n) is 1.16. The largest absolute Gasteiger partial charge is 0.330 e. The van der Waals surface area contributed by atoms with Gasteiger partial charge in [0.2, 0.25) is 0 Å². The summed E-state index contributed by atoms with van der Waals surface area (Å²) in [5.41, 5.74) is 0.743. The van der Waals surface area contributed by atoms with E-state index in [0.29, 0.717) is 0 Å². The molecule has 1 N–H and O–H groups in total. The Labute approximate surface area is 102 Å². The van der Waals surface area contributed by atoms with E-state index >= 15 is 0 Å². The van der Waals surface area contributed by atoms with Crippen molar-refractivity contribution in [2.75, 3.05) is 0 Å². The fraction of sp³-hybridized carbons (Fsp3) is 0. The van der Waals surface area contributed by atoms with Gasteiger partial charge in [0.15, 0.2) is 0 Å². The highest BCUT2D eigenvalue weighted by atomic mass is 127. The van der Waals surface area contributed by atoms with Crippen LogP contribution in [0.4, 0.5) is 0 Å². The number of halogens is 2. The van der Waals surface area contributed by atoms with Gasteiger partial charge in [-0.25, -0.2) is 4.79 Å². The van der Waals surface area contributed by atoms with Crippen LogP contribution in [-0.4, -0.2) is 9.55 Å². The lowest BCUT2D eigenvalue weighted by Gasteiger charge is -2.02. The number of imidazole rings is 1. The molecule has 0 aliphatic heterocycles. The number of nitrogens with zero attached hydrogens (tertiary/aromatic N) is 1. The number of hydrogen-bond acceptors (Lipinski definition) is 1. The Bertz CT molecular complexity index is 518. The van der Waals surface area contributed by atoms with E-state index in [-0.39, 0.29) is 5.69 Å². The first-order chi connectivity index (χ1) is 6.68. The zero-order valence-corrected chi connectivity index (χ0v) is 10.7. The maximum atomic E-state index is 11.3. The molecule has 2 rings (SSSR count). The van der Waals surface area contributed by atoms with Crippen LogP contribution in [0, 0.1) is 3.57 Å². The Kier molecular flexibility index (Phi) is 2.78. The van der Waals surface area contributed by atoms with Gasteiger partial charge < -0.3 is 4.98 Å². The molecular formula is C9H6BrIN2O. The van der Waals surface area contributed by atoms with Gasteiger partial charge in [-0.05, 0) is 56.7 Å². The van der Waals surface area contributed by atoms with Gasteiger partial charge >= 0.3 is 5.69 Å². The van der Waals surface area contributed by atoms with E-state index in [0.717, 1.165) is 13.7 Å². The van der Waals surface area contributed by atoms with Gasteiger partial charge in [0.1, 0.15) is 0 Å². The van der Waals surface area contributed by atoms with E-state index in [4.69, 9.17) is 0 Å². The molecule has 0 atom stereocenters. The monoisotopic (exact) mass is 364 g/mol. The Morgan fingerprint density at radius 3 is 2.79 bits per heavy atom. The molecule has 1 aromatic carbocycles. The average Bonchev–Trinajstić information content (AvgIpc) is 2.57. The van der Waals surface area contributed by atoms with Crippen LogP contribution in [0.15, 0.2) is 39.9 Å². The number of hydrogen-bond donors (Lipinski definition) is 1. The SMILES string of the molecule is O=c1[nH]ccn1-c1ccc(Br)c(I)c1. The second-order valence-corrected chi connectivity index (χ2v) is 4.75. The van der Waals surface area contributed by atoms with Crippen molar-refractivity contribution in [3.05, 3.63) is 49.1 Å². The minimum atomic E-state index is -0.122. The van der Waals surface area contributed by atoms with Crippen LogP contribution < -0.4 is 5.69 Å². The minimum Gasteiger partial charge on any atom is -0.312 e. The van der Waals surface area contributed by atoms with Gasteiger partial charge in [0, 0.05) is 20.4 Å². The summed E-state index contributed by atoms with van der Waals surface area (Å²) in [6.07, 6.45) is 3.33. The first kappa shape index (κ1) is 9.97. The fourth-order valence-corrected chi connectivity index (χ4v) is 1.90. The highest BCUT2D eigenvalue weighted by Crippen LogP contribution is 2.21. The van der Waals surface area contributed by atoms with Gasteiger partial charge in [0.25, 0.3) is 0 Å². The van der Waals surface area contributed by atoms with Crippen molar-refractivity contribution in [3.63, 3.8) is 0 Å². The lowest BCUT2D eigenvalue weighted by atomic mass is 10.3. The van der Waals surface area contributed by atoms with E-state index in [1.807, 2.05) is 18.2 Å². The topological polar surface area (TPSA) is 37.8 Å². The van der Waals surface area contributed by atoms with Crippen molar-refractivity contribution < 1.29 is 0 Å². The van der Waals surface area contributed by atoms with Crippen molar-refractivity contribution in [1.82, 2.24) is 9.55 Å². The molecule has 5 heteroatoms. The van der Waals surface area contributed by atoms with Gasteiger partial charge in [0.05, 0.1) is 5.69 Å². The molecule has 0 saturated carbocycles. The van der Waals surface area contributed by atoms with Gasteiger partial charge in [-0.1, -0.05) is 0 Å². The Hall–Kier alpha value is -0.560. The highest BCUT2D eigenvalue weighted by molar-refractivity contribution is 14.1. The van der Waals surface area contributed by atoms with E-state index < -0.39 is 0 Å². The maximum Gasteiger partial charge on any atom is 0.330 e. The van der Waals surface area contributed by atoms with Crippen molar-refractivity contribution in [2.45, 2.75) is 0 Å². The van der Waals surface area contributed by atoms with E-state index in [1.54, 1.807) is 17.0 Å². The van der Waals surface area contributed by atoms with Crippen LogP contribution in [0.25, 0.3) is 5.69 Å². The maximum absolute atomic E-state index is 11.3. The predicted octanol–water partition coefficient (Wildman–Crippen LogP) is 2.53. The summed E-state index contributed by atoms with van der Waals surface area (Å²) in [6.45, 7) is 0. The molecular weight excluding hydrogens is 359 g/mol. The minimum absolute atomic E-state index is 0.122. The van der Waals surface area contributed by atoms with E-state index in [9.17, 15) is 4.79 Å². The van der Waals surface area contributed by atoms with E-state index in [2.05, 4.69) is 43.5 Å². The van der Waals surface area contributed by atoms with Crippen LogP contribution in [0.3, 0.4) is 0 Å². The molecule has 0 saturated heterocycles. The summed E-state index contributed by atoms with van der Waals surface area (Å²) in [5, 5.41) is 0. The lowest BCUT2D eigenvalue weighted by molar-refractivity contribution is 0.985. The lowest BCUT2D eigenvalue weighted by Crippen LogP contribution is -2.13. The van der Waals surface area contributed by atoms with Crippen molar-refractivity contribution in [1.29, 1.82) is 0 Å². The molecule has 0 radical (unpaired) electrons. The second kappa shape index (κ2) is 3.90. The molecule has 0 aliphatic carbocycles. The molecule has 0 bridgehead atoms. The Morgan fingerprint density at radius 1 is 1.43 bits per heavy atom. The number of aromatic amines is 1. The Balaban J connectivity index is 2.59. The normalized spacial score (nSPS) is 10.4. The van der Waals surface area contributed by atoms with Crippen LogP contribution in [0.2, 0.25) is 0 Å². The summed E-state index contributed by atoms with van der Waals surface area (Å²) in [7, 11) is 0. The summed E-state index contributed by atoms with van der Waals surface area (Å²) in [4.78, 5) is 13.9. The summed E-state index contributed by atoms with van der Waals surface area (Å²) in [5.74, 6) is 0. The summed E-state index contributed by atoms with van der Waals surface area (Å²) >= 11 is 5.62. The third-order valence-electron chi connectivity index (χ3n) is 1.83. The number of benzene rings is 1. The number of rotatable bonds is 1. The first-order valence-electron chi connectivity index (χ1n) is 3.90. The molecule has 0 amide bonds. The van der Waals surface area contributed by atoms with Gasteiger partial charge in [-0.3, -0.25) is 4.57 Å². The van der Waals surface area contributed by atoms with Crippen molar-refractivity contribution >= 4 is 38.5 Å². The standard InChI is InChI=1S/C9H6BrIN2O/c10-7-2-1-6(5-8(7)11)13-4-3-12-9(13)14/h1-5H,(H,12,14). The van der Waals surface area contributed by atoms with Gasteiger partial charge in [-0.15, -0.1) is 0 Å². The molecule has 1 heterocycles. The number of H-pyrrole nitrogens is 1. The van der Waals surface area contributed by atoms with Crippen molar-refractivity contribution in [3.8, 4) is 5.69 Å². The second-order valence-electron chi connectivity index (χ2n) is 2.73. The molecule has 0 unspecified atom stereocenters. The molecule has 0 fully saturated rings. The molecule has 1 aromatic heterocycles. The summed E-state index contributed by atoms with van der Waals surface area (Å²) in [6, 6.07) is 5.76. The molecule has 3 nitrogen and oxygen atoms in total. The number of aromatic nitrogens is 2. The number of nitrogens with one attached hydrogen (secondary N) is 1.